The average Bonchev–Trinajstić information content (AvgIpc) is 2.41. The summed E-state index contributed by atoms with van der Waals surface area (Å²) in [5.74, 6) is -0.0800. The summed E-state index contributed by atoms with van der Waals surface area (Å²) < 4.78 is 1.62. The number of hydrogen-bond acceptors (Lipinski definition) is 3. The summed E-state index contributed by atoms with van der Waals surface area (Å²) in [5, 5.41) is 5.49. The Morgan fingerprint density at radius 2 is 1.85 bits per heavy atom. The maximum Gasteiger partial charge on any atom is 0.220 e. The standard InChI is InChI=1S/C15H27N3O2/c1-4-5-6-7-8-9-15(20)17-13-14(19)12-16-10-11-18(2)3/h10-11,16H,2,4-9,12-13H2,1,3H3/p+1/b11-10-. The highest BCUT2D eigenvalue weighted by Gasteiger charge is 2.04. The first kappa shape index (κ1) is 18.4. The number of ketones is 1. The molecule has 0 atom stereocenters. The molecule has 0 aliphatic carbocycles. The molecule has 0 saturated carbocycles. The summed E-state index contributed by atoms with van der Waals surface area (Å²) in [6.45, 7) is 6.09. The third kappa shape index (κ3) is 12.8. The molecule has 1 amide bonds. The smallest absolute Gasteiger partial charge is 0.220 e. The van der Waals surface area contributed by atoms with Gasteiger partial charge in [0.1, 0.15) is 13.8 Å². The summed E-state index contributed by atoms with van der Waals surface area (Å²) in [6.07, 6.45) is 9.46. The van der Waals surface area contributed by atoms with Gasteiger partial charge in [-0.1, -0.05) is 32.6 Å². The summed E-state index contributed by atoms with van der Waals surface area (Å²) >= 11 is 0. The molecule has 0 aliphatic heterocycles. The Labute approximate surface area is 122 Å². The monoisotopic (exact) mass is 282 g/mol. The van der Waals surface area contributed by atoms with Crippen molar-refractivity contribution in [2.45, 2.75) is 45.4 Å². The van der Waals surface area contributed by atoms with Crippen molar-refractivity contribution in [3.8, 4) is 0 Å². The van der Waals surface area contributed by atoms with Gasteiger partial charge in [-0.2, -0.15) is 0 Å². The molecule has 0 aromatic rings. The van der Waals surface area contributed by atoms with Crippen molar-refractivity contribution in [1.29, 1.82) is 0 Å². The second-order valence-corrected chi connectivity index (χ2v) is 4.93. The third-order valence-electron chi connectivity index (χ3n) is 2.74. The van der Waals surface area contributed by atoms with E-state index in [1.807, 2.05) is 0 Å². The van der Waals surface area contributed by atoms with E-state index in [4.69, 9.17) is 0 Å². The molecule has 5 nitrogen and oxygen atoms in total. The third-order valence-corrected chi connectivity index (χ3v) is 2.74. The highest BCUT2D eigenvalue weighted by molar-refractivity contribution is 5.87. The molecule has 0 spiro atoms. The maximum atomic E-state index is 11.5. The van der Waals surface area contributed by atoms with Crippen LogP contribution in [0.15, 0.2) is 12.4 Å². The minimum atomic E-state index is -0.0410. The number of carbonyl (C=O) groups excluding carboxylic acids is 2. The van der Waals surface area contributed by atoms with Crippen LogP contribution in [0.2, 0.25) is 0 Å². The van der Waals surface area contributed by atoms with Gasteiger partial charge in [-0.3, -0.25) is 9.59 Å². The number of carbonyl (C=O) groups is 2. The number of amides is 1. The highest BCUT2D eigenvalue weighted by Crippen LogP contribution is 2.04. The SMILES string of the molecule is C=[N+](C)/C=C\NCC(=O)CNC(=O)CCCCCCC. The van der Waals surface area contributed by atoms with E-state index in [1.165, 1.54) is 19.3 Å². The second-order valence-electron chi connectivity index (χ2n) is 4.93. The number of nitrogens with one attached hydrogen (secondary N) is 2. The van der Waals surface area contributed by atoms with Crippen molar-refractivity contribution in [3.05, 3.63) is 12.4 Å². The van der Waals surface area contributed by atoms with E-state index >= 15 is 0 Å². The van der Waals surface area contributed by atoms with E-state index in [0.29, 0.717) is 6.42 Å². The van der Waals surface area contributed by atoms with Gasteiger partial charge in [-0.15, -0.1) is 0 Å². The van der Waals surface area contributed by atoms with E-state index in [0.717, 1.165) is 12.8 Å². The van der Waals surface area contributed by atoms with Crippen molar-refractivity contribution >= 4 is 18.4 Å². The molecule has 0 saturated heterocycles. The van der Waals surface area contributed by atoms with Gasteiger partial charge in [0, 0.05) is 6.42 Å². The zero-order valence-corrected chi connectivity index (χ0v) is 12.8. The molecular formula is C15H28N3O2+. The molecule has 0 unspecified atom stereocenters. The van der Waals surface area contributed by atoms with Crippen LogP contribution in [-0.4, -0.2) is 43.1 Å². The van der Waals surface area contributed by atoms with Crippen molar-refractivity contribution in [2.24, 2.45) is 0 Å². The first-order valence-corrected chi connectivity index (χ1v) is 7.28. The molecule has 0 aromatic heterocycles. The Kier molecular flexibility index (Phi) is 11.4. The maximum absolute atomic E-state index is 11.5. The van der Waals surface area contributed by atoms with Crippen LogP contribution in [-0.2, 0) is 9.59 Å². The molecule has 20 heavy (non-hydrogen) atoms. The molecule has 114 valence electrons. The van der Waals surface area contributed by atoms with Crippen LogP contribution >= 0.6 is 0 Å². The average molecular weight is 282 g/mol. The Morgan fingerprint density at radius 3 is 2.50 bits per heavy atom. The fourth-order valence-corrected chi connectivity index (χ4v) is 1.59. The Hall–Kier alpha value is -1.65. The van der Waals surface area contributed by atoms with Gasteiger partial charge >= 0.3 is 0 Å². The van der Waals surface area contributed by atoms with Crippen molar-refractivity contribution in [1.82, 2.24) is 10.6 Å². The van der Waals surface area contributed by atoms with Crippen molar-refractivity contribution < 1.29 is 14.2 Å². The molecule has 0 aliphatic rings. The van der Waals surface area contributed by atoms with Crippen LogP contribution in [0.3, 0.4) is 0 Å². The van der Waals surface area contributed by atoms with Crippen LogP contribution in [0, 0.1) is 0 Å². The van der Waals surface area contributed by atoms with Crippen molar-refractivity contribution in [2.75, 3.05) is 20.1 Å². The van der Waals surface area contributed by atoms with Crippen LogP contribution in [0.5, 0.6) is 0 Å². The summed E-state index contributed by atoms with van der Waals surface area (Å²) in [5.41, 5.74) is 0. The summed E-state index contributed by atoms with van der Waals surface area (Å²) in [7, 11) is 1.79. The normalized spacial score (nSPS) is 10.5. The molecule has 5 heteroatoms. The van der Waals surface area contributed by atoms with Crippen LogP contribution in [0.25, 0.3) is 0 Å². The summed E-state index contributed by atoms with van der Waals surface area (Å²) in [6, 6.07) is 0. The zero-order valence-electron chi connectivity index (χ0n) is 12.8. The quantitative estimate of drug-likeness (QED) is 0.323. The van der Waals surface area contributed by atoms with Gasteiger partial charge in [-0.25, -0.2) is 4.58 Å². The van der Waals surface area contributed by atoms with E-state index in [2.05, 4.69) is 24.3 Å². The predicted octanol–water partition coefficient (Wildman–Crippen LogP) is 1.44. The fraction of sp³-hybridized carbons (Fsp3) is 0.667. The number of unbranched alkanes of at least 4 members (excludes halogenated alkanes) is 4. The molecule has 0 bridgehead atoms. The fourth-order valence-electron chi connectivity index (χ4n) is 1.59. The molecule has 2 N–H and O–H groups in total. The lowest BCUT2D eigenvalue weighted by atomic mass is 10.1. The summed E-state index contributed by atoms with van der Waals surface area (Å²) in [4.78, 5) is 23.0. The largest absolute Gasteiger partial charge is 0.379 e. The number of rotatable bonds is 12. The number of Topliss-reactive ketones (excluding diaryl/α,β-unsaturated/α-hetero) is 1. The molecule has 0 radical (unpaired) electrons. The van der Waals surface area contributed by atoms with Crippen molar-refractivity contribution in [3.63, 3.8) is 0 Å². The second kappa shape index (κ2) is 12.4. The van der Waals surface area contributed by atoms with Crippen LogP contribution in [0.1, 0.15) is 45.4 Å². The topological polar surface area (TPSA) is 61.2 Å². The molecular weight excluding hydrogens is 254 g/mol. The first-order valence-electron chi connectivity index (χ1n) is 7.28. The minimum Gasteiger partial charge on any atom is -0.379 e. The van der Waals surface area contributed by atoms with Gasteiger partial charge < -0.3 is 10.6 Å². The lowest BCUT2D eigenvalue weighted by Crippen LogP contribution is -2.33. The van der Waals surface area contributed by atoms with Crippen LogP contribution < -0.4 is 10.6 Å². The minimum absolute atomic E-state index is 0.0390. The Morgan fingerprint density at radius 1 is 1.15 bits per heavy atom. The molecule has 0 rings (SSSR count). The molecule has 0 heterocycles. The molecule has 0 fully saturated rings. The lowest BCUT2D eigenvalue weighted by molar-refractivity contribution is -0.412. The van der Waals surface area contributed by atoms with E-state index < -0.39 is 0 Å². The molecule has 0 aromatic carbocycles. The number of nitrogens with zero attached hydrogens (tertiary/aromatic N) is 1. The van der Waals surface area contributed by atoms with E-state index in [-0.39, 0.29) is 24.8 Å². The van der Waals surface area contributed by atoms with Gasteiger partial charge in [0.2, 0.25) is 5.91 Å². The van der Waals surface area contributed by atoms with Gasteiger partial charge in [0.05, 0.1) is 19.3 Å². The Bertz CT molecular complexity index is 338. The lowest BCUT2D eigenvalue weighted by Gasteiger charge is -2.04. The van der Waals surface area contributed by atoms with Gasteiger partial charge in [0.15, 0.2) is 12.0 Å². The highest BCUT2D eigenvalue weighted by atomic mass is 16.2. The van der Waals surface area contributed by atoms with E-state index in [9.17, 15) is 9.59 Å². The predicted molar refractivity (Wildman–Crippen MR) is 81.8 cm³/mol. The van der Waals surface area contributed by atoms with Gasteiger partial charge in [0.25, 0.3) is 0 Å². The van der Waals surface area contributed by atoms with Crippen LogP contribution in [0.4, 0.5) is 0 Å². The zero-order chi connectivity index (χ0) is 15.2. The number of hydrogen-bond donors (Lipinski definition) is 2. The Balaban J connectivity index is 3.53. The van der Waals surface area contributed by atoms with E-state index in [1.54, 1.807) is 24.0 Å². The first-order chi connectivity index (χ1) is 9.56. The van der Waals surface area contributed by atoms with Gasteiger partial charge in [-0.05, 0) is 6.42 Å².